The van der Waals surface area contributed by atoms with Gasteiger partial charge in [-0.2, -0.15) is 0 Å². The van der Waals surface area contributed by atoms with Crippen molar-refractivity contribution in [3.05, 3.63) is 70.1 Å². The number of ether oxygens (including phenoxy) is 3. The fourth-order valence-electron chi connectivity index (χ4n) is 3.58. The van der Waals surface area contributed by atoms with Crippen LogP contribution in [0.25, 0.3) is 0 Å². The van der Waals surface area contributed by atoms with Crippen molar-refractivity contribution in [2.75, 3.05) is 14.2 Å². The summed E-state index contributed by atoms with van der Waals surface area (Å²) in [5, 5.41) is 0.667. The van der Waals surface area contributed by atoms with Crippen LogP contribution in [0.2, 0.25) is 5.02 Å². The summed E-state index contributed by atoms with van der Waals surface area (Å²) in [7, 11) is 3.19. The largest absolute Gasteiger partial charge is 0.497 e. The summed E-state index contributed by atoms with van der Waals surface area (Å²) < 4.78 is 16.6. The fourth-order valence-corrected chi connectivity index (χ4v) is 3.79. The molecule has 0 amide bonds. The highest BCUT2D eigenvalue weighted by Crippen LogP contribution is 2.30. The molecule has 0 aliphatic heterocycles. The lowest BCUT2D eigenvalue weighted by atomic mass is 9.91. The van der Waals surface area contributed by atoms with Gasteiger partial charge in [0.2, 0.25) is 5.78 Å². The summed E-state index contributed by atoms with van der Waals surface area (Å²) in [5.74, 6) is 1.39. The van der Waals surface area contributed by atoms with Gasteiger partial charge in [-0.05, 0) is 61.6 Å². The number of allylic oxidation sites excluding steroid dienone is 2. The predicted octanol–water partition coefficient (Wildman–Crippen LogP) is 4.66. The molecule has 0 spiro atoms. The van der Waals surface area contributed by atoms with E-state index in [9.17, 15) is 4.79 Å². The molecule has 0 radical (unpaired) electrons. The van der Waals surface area contributed by atoms with Crippen molar-refractivity contribution < 1.29 is 19.0 Å². The van der Waals surface area contributed by atoms with Crippen molar-refractivity contribution >= 4 is 17.4 Å². The number of nitrogens with two attached hydrogens (primary N) is 1. The molecule has 2 N–H and O–H groups in total. The number of rotatable bonds is 7. The summed E-state index contributed by atoms with van der Waals surface area (Å²) in [6.07, 6.45) is 2.86. The van der Waals surface area contributed by atoms with Crippen molar-refractivity contribution in [1.82, 2.24) is 0 Å². The number of hydrogen-bond acceptors (Lipinski definition) is 5. The average molecular weight is 416 g/mol. The molecular formula is C23H26ClNO4. The molecule has 0 aromatic heterocycles. The number of halogens is 1. The Morgan fingerprint density at radius 1 is 1.14 bits per heavy atom. The first-order valence-electron chi connectivity index (χ1n) is 9.62. The van der Waals surface area contributed by atoms with E-state index in [-0.39, 0.29) is 24.1 Å². The number of hydrogen-bond donors (Lipinski definition) is 1. The van der Waals surface area contributed by atoms with Gasteiger partial charge >= 0.3 is 0 Å². The smallest absolute Gasteiger partial charge is 0.202 e. The van der Waals surface area contributed by atoms with E-state index in [0.717, 1.165) is 24.0 Å². The molecular weight excluding hydrogens is 390 g/mol. The van der Waals surface area contributed by atoms with Crippen molar-refractivity contribution in [2.24, 2.45) is 11.7 Å². The van der Waals surface area contributed by atoms with Crippen LogP contribution >= 0.6 is 11.6 Å². The van der Waals surface area contributed by atoms with Gasteiger partial charge in [-0.15, -0.1) is 0 Å². The number of carbonyl (C=O) groups is 1. The van der Waals surface area contributed by atoms with Gasteiger partial charge in [0.05, 0.1) is 19.9 Å². The van der Waals surface area contributed by atoms with Gasteiger partial charge in [-0.1, -0.05) is 23.7 Å². The normalized spacial score (nSPS) is 17.1. The predicted molar refractivity (Wildman–Crippen MR) is 113 cm³/mol. The minimum atomic E-state index is -0.184. The second-order valence-electron chi connectivity index (χ2n) is 7.11. The van der Waals surface area contributed by atoms with Crippen LogP contribution in [0.15, 0.2) is 53.9 Å². The zero-order valence-electron chi connectivity index (χ0n) is 16.7. The minimum Gasteiger partial charge on any atom is -0.497 e. The van der Waals surface area contributed by atoms with E-state index in [2.05, 4.69) is 0 Å². The highest BCUT2D eigenvalue weighted by atomic mass is 35.5. The Bertz CT molecular complexity index is 910. The Kier molecular flexibility index (Phi) is 7.04. The summed E-state index contributed by atoms with van der Waals surface area (Å²) >= 11 is 6.09. The molecule has 5 nitrogen and oxygen atoms in total. The third kappa shape index (κ3) is 5.24. The molecule has 29 heavy (non-hydrogen) atoms. The number of benzene rings is 2. The highest BCUT2D eigenvalue weighted by Gasteiger charge is 2.29. The Hall–Kier alpha value is -2.66. The van der Waals surface area contributed by atoms with Gasteiger partial charge in [-0.3, -0.25) is 4.79 Å². The second-order valence-corrected chi connectivity index (χ2v) is 7.54. The lowest BCUT2D eigenvalue weighted by Gasteiger charge is -2.17. The molecule has 0 fully saturated rings. The third-order valence-electron chi connectivity index (χ3n) is 5.12. The second kappa shape index (κ2) is 9.70. The first-order valence-corrected chi connectivity index (χ1v) is 10.0. The van der Waals surface area contributed by atoms with Crippen molar-refractivity contribution in [3.63, 3.8) is 0 Å². The molecule has 0 saturated heterocycles. The van der Waals surface area contributed by atoms with Crippen LogP contribution in [0.4, 0.5) is 0 Å². The maximum absolute atomic E-state index is 13.2. The maximum atomic E-state index is 13.2. The molecule has 0 unspecified atom stereocenters. The van der Waals surface area contributed by atoms with E-state index in [1.54, 1.807) is 14.2 Å². The minimum absolute atomic E-state index is 0.0539. The number of methoxy groups -OCH3 is 2. The van der Waals surface area contributed by atoms with E-state index < -0.39 is 0 Å². The zero-order chi connectivity index (χ0) is 20.8. The molecule has 0 heterocycles. The van der Waals surface area contributed by atoms with Crippen LogP contribution in [0.3, 0.4) is 0 Å². The first kappa shape index (κ1) is 21.1. The summed E-state index contributed by atoms with van der Waals surface area (Å²) in [6, 6.07) is 13.1. The molecule has 6 heteroatoms. The molecule has 0 bridgehead atoms. The van der Waals surface area contributed by atoms with E-state index >= 15 is 0 Å². The topological polar surface area (TPSA) is 70.8 Å². The zero-order valence-corrected chi connectivity index (χ0v) is 17.5. The molecule has 1 aliphatic rings. The Morgan fingerprint density at radius 2 is 1.97 bits per heavy atom. The Morgan fingerprint density at radius 3 is 2.69 bits per heavy atom. The van der Waals surface area contributed by atoms with E-state index in [1.807, 2.05) is 42.5 Å². The summed E-state index contributed by atoms with van der Waals surface area (Å²) in [5.41, 5.74) is 8.52. The SMILES string of the molecule is COc1ccc(OC)c(COC2=C(N)CCC[C@@H](Cc3cccc(Cl)c3)C2=O)c1. The standard InChI is InChI=1S/C23H26ClNO4/c1-27-19-9-10-21(28-2)17(13-19)14-29-23-20(25)8-4-6-16(22(23)26)11-15-5-3-7-18(24)12-15/h3,5,7,9-10,12-13,16H,4,6,8,11,14,25H2,1-2H3/t16-/m0/s1. The van der Waals surface area contributed by atoms with Crippen LogP contribution in [-0.4, -0.2) is 20.0 Å². The monoisotopic (exact) mass is 415 g/mol. The summed E-state index contributed by atoms with van der Waals surface area (Å²) in [6.45, 7) is 0.173. The number of Topliss-reactive ketones (excluding diaryl/α,β-unsaturated/α-hetero) is 1. The van der Waals surface area contributed by atoms with Crippen molar-refractivity contribution in [3.8, 4) is 11.5 Å². The number of ketones is 1. The van der Waals surface area contributed by atoms with Crippen LogP contribution in [-0.2, 0) is 22.6 Å². The van der Waals surface area contributed by atoms with Crippen LogP contribution in [0, 0.1) is 5.92 Å². The lowest BCUT2D eigenvalue weighted by molar-refractivity contribution is -0.123. The molecule has 3 rings (SSSR count). The van der Waals surface area contributed by atoms with Crippen LogP contribution in [0.1, 0.15) is 30.4 Å². The molecule has 2 aromatic carbocycles. The first-order chi connectivity index (χ1) is 14.0. The van der Waals surface area contributed by atoms with E-state index in [4.69, 9.17) is 31.5 Å². The van der Waals surface area contributed by atoms with Gasteiger partial charge < -0.3 is 19.9 Å². The fraction of sp³-hybridized carbons (Fsp3) is 0.348. The maximum Gasteiger partial charge on any atom is 0.202 e. The van der Waals surface area contributed by atoms with Gasteiger partial charge in [-0.25, -0.2) is 0 Å². The van der Waals surface area contributed by atoms with Crippen molar-refractivity contribution in [1.29, 1.82) is 0 Å². The number of carbonyl (C=O) groups excluding carboxylic acids is 1. The molecule has 2 aromatic rings. The van der Waals surface area contributed by atoms with Gasteiger partial charge in [0, 0.05) is 16.5 Å². The van der Waals surface area contributed by atoms with Crippen LogP contribution < -0.4 is 15.2 Å². The van der Waals surface area contributed by atoms with Gasteiger partial charge in [0.1, 0.15) is 18.1 Å². The Balaban J connectivity index is 1.77. The molecule has 0 saturated carbocycles. The Labute approximate surface area is 176 Å². The molecule has 154 valence electrons. The van der Waals surface area contributed by atoms with Gasteiger partial charge in [0.25, 0.3) is 0 Å². The quantitative estimate of drug-likeness (QED) is 0.712. The molecule has 1 aliphatic carbocycles. The summed E-state index contributed by atoms with van der Waals surface area (Å²) in [4.78, 5) is 13.2. The van der Waals surface area contributed by atoms with Crippen molar-refractivity contribution in [2.45, 2.75) is 32.3 Å². The highest BCUT2D eigenvalue weighted by molar-refractivity contribution is 6.30. The van der Waals surface area contributed by atoms with Crippen LogP contribution in [0.5, 0.6) is 11.5 Å². The van der Waals surface area contributed by atoms with E-state index in [1.165, 1.54) is 0 Å². The van der Waals surface area contributed by atoms with E-state index in [0.29, 0.717) is 35.1 Å². The lowest BCUT2D eigenvalue weighted by Crippen LogP contribution is -2.21. The third-order valence-corrected chi connectivity index (χ3v) is 5.35. The molecule has 1 atom stereocenters. The average Bonchev–Trinajstić information content (AvgIpc) is 2.84. The van der Waals surface area contributed by atoms with Gasteiger partial charge in [0.15, 0.2) is 5.76 Å².